The van der Waals surface area contributed by atoms with Gasteiger partial charge in [0.05, 0.1) is 6.10 Å². The van der Waals surface area contributed by atoms with Crippen molar-refractivity contribution in [1.82, 2.24) is 0 Å². The number of benzene rings is 1. The molecular formula is C20H27F3N2OSi. The van der Waals surface area contributed by atoms with Crippen molar-refractivity contribution in [3.05, 3.63) is 35.4 Å². The van der Waals surface area contributed by atoms with Crippen LogP contribution in [0.15, 0.2) is 34.5 Å². The van der Waals surface area contributed by atoms with E-state index < -0.39 is 20.2 Å². The Morgan fingerprint density at radius 2 is 1.67 bits per heavy atom. The number of halogens is 3. The van der Waals surface area contributed by atoms with E-state index in [1.54, 1.807) is 12.1 Å². The molecule has 0 amide bonds. The lowest BCUT2D eigenvalue weighted by atomic mass is 10.0. The van der Waals surface area contributed by atoms with Gasteiger partial charge in [-0.3, -0.25) is 0 Å². The fourth-order valence-corrected chi connectivity index (χ4v) is 3.80. The molecule has 0 aromatic heterocycles. The first-order chi connectivity index (χ1) is 12.3. The van der Waals surface area contributed by atoms with E-state index in [2.05, 4.69) is 62.9 Å². The lowest BCUT2D eigenvalue weighted by Crippen LogP contribution is -2.43. The first-order valence-corrected chi connectivity index (χ1v) is 12.0. The first kappa shape index (κ1) is 21.6. The van der Waals surface area contributed by atoms with Crippen molar-refractivity contribution in [2.45, 2.75) is 76.6 Å². The Morgan fingerprint density at radius 1 is 1.11 bits per heavy atom. The smallest absolute Gasteiger partial charge is 0.413 e. The molecule has 0 N–H and O–H groups in total. The molecule has 1 aromatic carbocycles. The predicted octanol–water partition coefficient (Wildman–Crippen LogP) is 6.41. The van der Waals surface area contributed by atoms with Gasteiger partial charge >= 0.3 is 11.8 Å². The molecule has 1 aromatic rings. The quantitative estimate of drug-likeness (QED) is 0.418. The molecule has 0 bridgehead atoms. The van der Waals surface area contributed by atoms with Crippen LogP contribution < -0.4 is 0 Å². The summed E-state index contributed by atoms with van der Waals surface area (Å²) in [5.41, 5.74) is -1.68. The highest BCUT2D eigenvalue weighted by atomic mass is 28.4. The summed E-state index contributed by atoms with van der Waals surface area (Å²) in [6.07, 6.45) is -2.97. The molecule has 0 aliphatic carbocycles. The summed E-state index contributed by atoms with van der Waals surface area (Å²) >= 11 is 0. The summed E-state index contributed by atoms with van der Waals surface area (Å²) in [4.78, 5) is 0. The largest absolute Gasteiger partial charge is 0.442 e. The van der Waals surface area contributed by atoms with E-state index in [4.69, 9.17) is 4.43 Å². The maximum Gasteiger partial charge on any atom is 0.442 e. The van der Waals surface area contributed by atoms with Gasteiger partial charge in [-0.05, 0) is 36.7 Å². The minimum Gasteiger partial charge on any atom is -0.413 e. The molecule has 1 aliphatic rings. The molecule has 3 nitrogen and oxygen atoms in total. The van der Waals surface area contributed by atoms with Crippen molar-refractivity contribution in [2.75, 3.05) is 0 Å². The number of rotatable bonds is 5. The van der Waals surface area contributed by atoms with Crippen LogP contribution in [0.1, 0.15) is 51.7 Å². The molecule has 0 unspecified atom stereocenters. The Hall–Kier alpha value is -1.65. The number of alkyl halides is 3. The third kappa shape index (κ3) is 4.80. The average molecular weight is 397 g/mol. The fourth-order valence-electron chi connectivity index (χ4n) is 2.36. The van der Waals surface area contributed by atoms with Gasteiger partial charge in [-0.15, -0.1) is 10.2 Å². The lowest BCUT2D eigenvalue weighted by molar-refractivity contribution is -0.166. The van der Waals surface area contributed by atoms with Crippen LogP contribution in [0.3, 0.4) is 0 Å². The highest BCUT2D eigenvalue weighted by Gasteiger charge is 2.65. The van der Waals surface area contributed by atoms with Gasteiger partial charge in [0.1, 0.15) is 0 Å². The Labute approximate surface area is 160 Å². The van der Waals surface area contributed by atoms with Crippen molar-refractivity contribution in [3.8, 4) is 11.8 Å². The maximum absolute atomic E-state index is 13.0. The van der Waals surface area contributed by atoms with Crippen LogP contribution in [-0.4, -0.2) is 20.6 Å². The molecule has 0 fully saturated rings. The zero-order valence-electron chi connectivity index (χ0n) is 16.7. The maximum atomic E-state index is 13.0. The highest BCUT2D eigenvalue weighted by Crippen LogP contribution is 2.52. The predicted molar refractivity (Wildman–Crippen MR) is 103 cm³/mol. The summed E-state index contributed by atoms with van der Waals surface area (Å²) in [5.74, 6) is 6.12. The molecule has 1 atom stereocenters. The van der Waals surface area contributed by atoms with Gasteiger partial charge in [-0.1, -0.05) is 51.7 Å². The second-order valence-electron chi connectivity index (χ2n) is 8.36. The van der Waals surface area contributed by atoms with E-state index in [1.165, 1.54) is 12.1 Å². The van der Waals surface area contributed by atoms with Crippen molar-refractivity contribution >= 4 is 8.32 Å². The molecule has 0 saturated heterocycles. The third-order valence-corrected chi connectivity index (χ3v) is 9.80. The van der Waals surface area contributed by atoms with Crippen molar-refractivity contribution in [2.24, 2.45) is 10.2 Å². The second kappa shape index (κ2) is 7.40. The van der Waals surface area contributed by atoms with Gasteiger partial charge < -0.3 is 4.43 Å². The van der Waals surface area contributed by atoms with Gasteiger partial charge in [0.15, 0.2) is 8.32 Å². The van der Waals surface area contributed by atoms with Crippen LogP contribution in [0, 0.1) is 11.8 Å². The van der Waals surface area contributed by atoms with Gasteiger partial charge in [-0.2, -0.15) is 13.2 Å². The van der Waals surface area contributed by atoms with Crippen LogP contribution in [0.25, 0.3) is 0 Å². The number of nitrogens with zero attached hydrogens (tertiary/aromatic N) is 2. The minimum absolute atomic E-state index is 0.0215. The summed E-state index contributed by atoms with van der Waals surface area (Å²) in [7, 11) is -1.85. The van der Waals surface area contributed by atoms with Gasteiger partial charge in [0.2, 0.25) is 0 Å². The van der Waals surface area contributed by atoms with E-state index in [0.29, 0.717) is 12.0 Å². The average Bonchev–Trinajstić information content (AvgIpc) is 3.35. The number of hydrogen-bond acceptors (Lipinski definition) is 3. The van der Waals surface area contributed by atoms with E-state index in [9.17, 15) is 13.2 Å². The van der Waals surface area contributed by atoms with Crippen LogP contribution in [0.2, 0.25) is 18.1 Å². The first-order valence-electron chi connectivity index (χ1n) is 9.10. The van der Waals surface area contributed by atoms with E-state index in [1.807, 2.05) is 0 Å². The highest BCUT2D eigenvalue weighted by molar-refractivity contribution is 6.74. The van der Waals surface area contributed by atoms with Crippen molar-refractivity contribution in [1.29, 1.82) is 0 Å². The van der Waals surface area contributed by atoms with Gasteiger partial charge in [-0.25, -0.2) is 0 Å². The van der Waals surface area contributed by atoms with Crippen LogP contribution in [0.4, 0.5) is 13.2 Å². The molecule has 1 aliphatic heterocycles. The summed E-state index contributed by atoms with van der Waals surface area (Å²) in [6, 6.07) is 5.94. The topological polar surface area (TPSA) is 34.0 Å². The SMILES string of the molecule is CC[C@H](CC#Cc1ccc(C2(C(F)(F)F)N=N2)cc1)O[Si](C)(C)C(C)(C)C. The van der Waals surface area contributed by atoms with Gasteiger partial charge in [0.25, 0.3) is 0 Å². The molecular weight excluding hydrogens is 369 g/mol. The van der Waals surface area contributed by atoms with Gasteiger partial charge in [0, 0.05) is 17.5 Å². The van der Waals surface area contributed by atoms with Crippen molar-refractivity contribution < 1.29 is 17.6 Å². The Bertz CT molecular complexity index is 747. The zero-order valence-corrected chi connectivity index (χ0v) is 17.7. The molecule has 0 saturated carbocycles. The minimum atomic E-state index is -4.50. The molecule has 1 heterocycles. The summed E-state index contributed by atoms with van der Waals surface area (Å²) < 4.78 is 45.4. The van der Waals surface area contributed by atoms with E-state index >= 15 is 0 Å². The van der Waals surface area contributed by atoms with Crippen molar-refractivity contribution in [3.63, 3.8) is 0 Å². The molecule has 7 heteroatoms. The molecule has 148 valence electrons. The normalized spacial score (nSPS) is 17.2. The standard InChI is InChI=1S/C20H27F3N2OSi/c1-7-17(26-27(5,6)18(2,3)4)10-8-9-15-11-13-16(14-12-15)19(24-25-19)20(21,22)23/h11-14,17H,7,10H2,1-6H3/t17-/m1/s1. The van der Waals surface area contributed by atoms with E-state index in [-0.39, 0.29) is 16.7 Å². The summed E-state index contributed by atoms with van der Waals surface area (Å²) in [6.45, 7) is 13.1. The molecule has 0 radical (unpaired) electrons. The third-order valence-electron chi connectivity index (χ3n) is 5.27. The number of hydrogen-bond donors (Lipinski definition) is 0. The van der Waals surface area contributed by atoms with Crippen LogP contribution in [0.5, 0.6) is 0 Å². The lowest BCUT2D eigenvalue weighted by Gasteiger charge is -2.38. The molecule has 27 heavy (non-hydrogen) atoms. The Morgan fingerprint density at radius 3 is 2.07 bits per heavy atom. The summed E-state index contributed by atoms with van der Waals surface area (Å²) in [5, 5.41) is 6.55. The van der Waals surface area contributed by atoms with Crippen LogP contribution in [-0.2, 0) is 10.1 Å². The Balaban J connectivity index is 2.01. The second-order valence-corrected chi connectivity index (χ2v) is 13.1. The monoisotopic (exact) mass is 396 g/mol. The molecule has 0 spiro atoms. The Kier molecular flexibility index (Phi) is 5.93. The van der Waals surface area contributed by atoms with Crippen LogP contribution >= 0.6 is 0 Å². The zero-order chi connectivity index (χ0) is 20.5. The van der Waals surface area contributed by atoms with E-state index in [0.717, 1.165) is 6.42 Å². The fraction of sp³-hybridized carbons (Fsp3) is 0.600. The molecule has 2 rings (SSSR count).